The fourth-order valence-electron chi connectivity index (χ4n) is 3.56. The second kappa shape index (κ2) is 6.46. The Morgan fingerprint density at radius 2 is 1.85 bits per heavy atom. The van der Waals surface area contributed by atoms with Gasteiger partial charge in [-0.15, -0.1) is 0 Å². The first-order valence-electron chi connectivity index (χ1n) is 9.03. The Balaban J connectivity index is 1.29. The van der Waals surface area contributed by atoms with Gasteiger partial charge in [0.15, 0.2) is 11.5 Å². The summed E-state index contributed by atoms with van der Waals surface area (Å²) in [5, 5.41) is 1.11. The van der Waals surface area contributed by atoms with Crippen LogP contribution in [0, 0.1) is 0 Å². The highest BCUT2D eigenvalue weighted by atomic mass is 16.7. The van der Waals surface area contributed by atoms with Gasteiger partial charge in [0.25, 0.3) is 0 Å². The van der Waals surface area contributed by atoms with Gasteiger partial charge in [0, 0.05) is 25.0 Å². The van der Waals surface area contributed by atoms with Crippen LogP contribution in [0.2, 0.25) is 0 Å². The van der Waals surface area contributed by atoms with E-state index in [1.807, 2.05) is 58.3 Å². The summed E-state index contributed by atoms with van der Waals surface area (Å²) in [6.45, 7) is 2.61. The van der Waals surface area contributed by atoms with Crippen LogP contribution >= 0.6 is 0 Å². The minimum atomic E-state index is 0.105. The van der Waals surface area contributed by atoms with Crippen LogP contribution in [0.5, 0.6) is 11.5 Å². The largest absolute Gasteiger partial charge is 0.454 e. The number of rotatable bonds is 3. The molecule has 0 spiro atoms. The number of amides is 1. The van der Waals surface area contributed by atoms with Gasteiger partial charge in [-0.3, -0.25) is 4.79 Å². The molecule has 1 fully saturated rings. The Labute approximate surface area is 156 Å². The summed E-state index contributed by atoms with van der Waals surface area (Å²) in [7, 11) is 0. The molecule has 0 N–H and O–H groups in total. The molecule has 0 bridgehead atoms. The maximum Gasteiger partial charge on any atom is 0.242 e. The van der Waals surface area contributed by atoms with Gasteiger partial charge in [-0.1, -0.05) is 24.3 Å². The van der Waals surface area contributed by atoms with Crippen molar-refractivity contribution in [2.75, 3.05) is 31.3 Å². The molecular formula is C21H19N3O3. The molecule has 3 heterocycles. The highest BCUT2D eigenvalue weighted by Crippen LogP contribution is 2.33. The lowest BCUT2D eigenvalue weighted by molar-refractivity contribution is -0.131. The molecule has 2 aliphatic heterocycles. The molecule has 2 aliphatic rings. The molecule has 1 saturated heterocycles. The summed E-state index contributed by atoms with van der Waals surface area (Å²) in [6.07, 6.45) is 0. The second-order valence-corrected chi connectivity index (χ2v) is 6.79. The summed E-state index contributed by atoms with van der Waals surface area (Å²) >= 11 is 0. The van der Waals surface area contributed by atoms with Gasteiger partial charge in [0.1, 0.15) is 5.82 Å². The minimum absolute atomic E-state index is 0.105. The third kappa shape index (κ3) is 3.03. The van der Waals surface area contributed by atoms with Crippen LogP contribution in [-0.4, -0.2) is 42.2 Å². The zero-order chi connectivity index (χ0) is 18.2. The zero-order valence-corrected chi connectivity index (χ0v) is 14.8. The van der Waals surface area contributed by atoms with Gasteiger partial charge in [-0.2, -0.15) is 0 Å². The number of carbonyl (C=O) groups is 1. The van der Waals surface area contributed by atoms with Crippen LogP contribution in [0.1, 0.15) is 5.56 Å². The van der Waals surface area contributed by atoms with Gasteiger partial charge in [-0.05, 0) is 35.9 Å². The van der Waals surface area contributed by atoms with Gasteiger partial charge in [0.05, 0.1) is 12.1 Å². The molecule has 5 rings (SSSR count). The predicted octanol–water partition coefficient (Wildman–Crippen LogP) is 2.81. The van der Waals surface area contributed by atoms with E-state index in [9.17, 15) is 4.79 Å². The Hall–Kier alpha value is -3.28. The van der Waals surface area contributed by atoms with Crippen LogP contribution in [0.4, 0.5) is 5.82 Å². The summed E-state index contributed by atoms with van der Waals surface area (Å²) in [6, 6.07) is 17.9. The van der Waals surface area contributed by atoms with Gasteiger partial charge in [0.2, 0.25) is 12.7 Å². The van der Waals surface area contributed by atoms with E-state index in [-0.39, 0.29) is 12.7 Å². The third-order valence-electron chi connectivity index (χ3n) is 5.04. The number of piperazine rings is 1. The quantitative estimate of drug-likeness (QED) is 0.718. The maximum atomic E-state index is 12.7. The van der Waals surface area contributed by atoms with Gasteiger partial charge >= 0.3 is 0 Å². The number of aromatic nitrogens is 1. The van der Waals surface area contributed by atoms with E-state index in [0.717, 1.165) is 40.3 Å². The summed E-state index contributed by atoms with van der Waals surface area (Å²) in [5.41, 5.74) is 2.00. The molecule has 3 aromatic rings. The van der Waals surface area contributed by atoms with Crippen molar-refractivity contribution in [1.29, 1.82) is 0 Å². The number of hydrogen-bond acceptors (Lipinski definition) is 5. The lowest BCUT2D eigenvalue weighted by atomic mass is 10.1. The molecule has 0 atom stereocenters. The van der Waals surface area contributed by atoms with Crippen LogP contribution < -0.4 is 14.4 Å². The molecule has 2 aromatic carbocycles. The average Bonchev–Trinajstić information content (AvgIpc) is 3.17. The van der Waals surface area contributed by atoms with Crippen molar-refractivity contribution in [3.05, 3.63) is 60.2 Å². The molecular weight excluding hydrogens is 342 g/mol. The van der Waals surface area contributed by atoms with Crippen molar-refractivity contribution in [1.82, 2.24) is 9.88 Å². The Bertz CT molecular complexity index is 1020. The van der Waals surface area contributed by atoms with E-state index >= 15 is 0 Å². The number of nitrogens with zero attached hydrogens (tertiary/aromatic N) is 3. The fourth-order valence-corrected chi connectivity index (χ4v) is 3.56. The third-order valence-corrected chi connectivity index (χ3v) is 5.04. The summed E-state index contributed by atoms with van der Waals surface area (Å²) in [5.74, 6) is 2.47. The predicted molar refractivity (Wildman–Crippen MR) is 102 cm³/mol. The molecule has 1 amide bonds. The number of hydrogen-bond donors (Lipinski definition) is 0. The van der Waals surface area contributed by atoms with Crippen molar-refractivity contribution in [2.45, 2.75) is 6.54 Å². The Morgan fingerprint density at radius 3 is 2.78 bits per heavy atom. The van der Waals surface area contributed by atoms with Gasteiger partial charge in [-0.25, -0.2) is 4.98 Å². The number of fused-ring (bicyclic) bond motifs is 2. The van der Waals surface area contributed by atoms with Gasteiger partial charge < -0.3 is 19.3 Å². The Kier molecular flexibility index (Phi) is 3.81. The highest BCUT2D eigenvalue weighted by molar-refractivity contribution is 5.84. The zero-order valence-electron chi connectivity index (χ0n) is 14.8. The monoisotopic (exact) mass is 361 g/mol. The van der Waals surface area contributed by atoms with Crippen molar-refractivity contribution < 1.29 is 14.3 Å². The molecule has 0 aliphatic carbocycles. The maximum absolute atomic E-state index is 12.7. The number of carbonyl (C=O) groups excluding carboxylic acids is 1. The lowest BCUT2D eigenvalue weighted by Gasteiger charge is -2.35. The average molecular weight is 361 g/mol. The Morgan fingerprint density at radius 1 is 0.963 bits per heavy atom. The summed E-state index contributed by atoms with van der Waals surface area (Å²) < 4.78 is 10.8. The number of pyridine rings is 1. The van der Waals surface area contributed by atoms with Crippen LogP contribution in [-0.2, 0) is 11.3 Å². The molecule has 0 unspecified atom stereocenters. The first-order valence-corrected chi connectivity index (χ1v) is 9.03. The molecule has 6 nitrogen and oxygen atoms in total. The fraction of sp³-hybridized carbons (Fsp3) is 0.238. The molecule has 0 radical (unpaired) electrons. The minimum Gasteiger partial charge on any atom is -0.454 e. The van der Waals surface area contributed by atoms with Crippen LogP contribution in [0.15, 0.2) is 54.6 Å². The highest BCUT2D eigenvalue weighted by Gasteiger charge is 2.25. The first kappa shape index (κ1) is 15.9. The van der Waals surface area contributed by atoms with Crippen molar-refractivity contribution in [2.24, 2.45) is 0 Å². The molecule has 0 saturated carbocycles. The van der Waals surface area contributed by atoms with E-state index < -0.39 is 0 Å². The number of ether oxygens (including phenoxy) is 2. The second-order valence-electron chi connectivity index (χ2n) is 6.79. The van der Waals surface area contributed by atoms with Crippen molar-refractivity contribution in [3.63, 3.8) is 0 Å². The SMILES string of the molecule is O=C1CN(c2ccc3ccccc3n2)CCN1Cc1ccc2c(c1)OCO2. The lowest BCUT2D eigenvalue weighted by Crippen LogP contribution is -2.50. The molecule has 27 heavy (non-hydrogen) atoms. The van der Waals surface area contributed by atoms with Crippen molar-refractivity contribution in [3.8, 4) is 11.5 Å². The van der Waals surface area contributed by atoms with E-state index in [2.05, 4.69) is 6.07 Å². The number of para-hydroxylation sites is 1. The van der Waals surface area contributed by atoms with E-state index in [1.54, 1.807) is 0 Å². The normalized spacial score (nSPS) is 16.2. The number of benzene rings is 2. The smallest absolute Gasteiger partial charge is 0.242 e. The van der Waals surface area contributed by atoms with Crippen LogP contribution in [0.25, 0.3) is 10.9 Å². The molecule has 6 heteroatoms. The standard InChI is InChI=1S/C21H19N3O3/c25-21-13-23(20-8-6-16-3-1-2-4-17(16)22-20)9-10-24(21)12-15-5-7-18-19(11-15)27-14-26-18/h1-8,11H,9-10,12-14H2. The van der Waals surface area contributed by atoms with E-state index in [1.165, 1.54) is 0 Å². The topological polar surface area (TPSA) is 54.9 Å². The first-order chi connectivity index (χ1) is 13.3. The van der Waals surface area contributed by atoms with E-state index in [4.69, 9.17) is 14.5 Å². The summed E-state index contributed by atoms with van der Waals surface area (Å²) in [4.78, 5) is 21.3. The number of anilines is 1. The van der Waals surface area contributed by atoms with Crippen LogP contribution in [0.3, 0.4) is 0 Å². The van der Waals surface area contributed by atoms with E-state index in [0.29, 0.717) is 19.6 Å². The molecule has 1 aromatic heterocycles. The van der Waals surface area contributed by atoms with Crippen molar-refractivity contribution >= 4 is 22.6 Å². The molecule has 136 valence electrons.